The molecule has 0 spiro atoms. The zero-order valence-electron chi connectivity index (χ0n) is 16.1. The molecule has 0 amide bonds. The minimum absolute atomic E-state index is 0.293. The highest BCUT2D eigenvalue weighted by molar-refractivity contribution is 5.87. The van der Waals surface area contributed by atoms with Crippen molar-refractivity contribution < 1.29 is 9.47 Å². The molecule has 5 nitrogen and oxygen atoms in total. The second-order valence-corrected chi connectivity index (χ2v) is 7.71. The fraction of sp³-hybridized carbons (Fsp3) is 0.619. The van der Waals surface area contributed by atoms with E-state index in [1.165, 1.54) is 27.7 Å². The number of H-pyrrole nitrogens is 1. The predicted molar refractivity (Wildman–Crippen MR) is 105 cm³/mol. The third-order valence-electron chi connectivity index (χ3n) is 5.82. The monoisotopic (exact) mass is 357 g/mol. The fourth-order valence-corrected chi connectivity index (χ4v) is 4.21. The van der Waals surface area contributed by atoms with Crippen LogP contribution in [-0.2, 0) is 16.0 Å². The van der Waals surface area contributed by atoms with E-state index in [1.54, 1.807) is 0 Å². The third-order valence-corrected chi connectivity index (χ3v) is 5.82. The Labute approximate surface area is 156 Å². The number of morpholine rings is 1. The normalized spacial score (nSPS) is 23.4. The molecule has 0 aliphatic carbocycles. The van der Waals surface area contributed by atoms with Crippen molar-refractivity contribution in [2.75, 3.05) is 52.5 Å². The number of benzene rings is 1. The Balaban J connectivity index is 1.46. The molecule has 0 bridgehead atoms. The molecule has 5 heteroatoms. The van der Waals surface area contributed by atoms with Crippen molar-refractivity contribution in [3.05, 3.63) is 35.0 Å². The first-order valence-corrected chi connectivity index (χ1v) is 9.91. The second kappa shape index (κ2) is 8.09. The van der Waals surface area contributed by atoms with Crippen LogP contribution in [0.3, 0.4) is 0 Å². The quantitative estimate of drug-likeness (QED) is 0.913. The largest absolute Gasteiger partial charge is 0.379 e. The molecule has 2 fully saturated rings. The van der Waals surface area contributed by atoms with Crippen LogP contribution in [0.25, 0.3) is 10.9 Å². The van der Waals surface area contributed by atoms with Crippen molar-refractivity contribution in [3.63, 3.8) is 0 Å². The molecule has 26 heavy (non-hydrogen) atoms. The van der Waals surface area contributed by atoms with Crippen LogP contribution in [-0.4, -0.2) is 73.4 Å². The maximum Gasteiger partial charge on any atom is 0.0828 e. The first-order chi connectivity index (χ1) is 12.7. The summed E-state index contributed by atoms with van der Waals surface area (Å²) in [7, 11) is 0. The topological polar surface area (TPSA) is 40.7 Å². The highest BCUT2D eigenvalue weighted by Crippen LogP contribution is 2.25. The summed E-state index contributed by atoms with van der Waals surface area (Å²) in [4.78, 5) is 8.65. The van der Waals surface area contributed by atoms with Gasteiger partial charge in [-0.1, -0.05) is 18.2 Å². The molecule has 2 saturated heterocycles. The Morgan fingerprint density at radius 1 is 1.08 bits per heavy atom. The number of rotatable bonds is 4. The summed E-state index contributed by atoms with van der Waals surface area (Å²) >= 11 is 0. The fourth-order valence-electron chi connectivity index (χ4n) is 4.21. The number of ether oxygens (including phenoxy) is 2. The predicted octanol–water partition coefficient (Wildman–Crippen LogP) is 2.71. The minimum Gasteiger partial charge on any atom is -0.379 e. The number of nitrogens with one attached hydrogen (secondary N) is 1. The van der Waals surface area contributed by atoms with Gasteiger partial charge in [-0.05, 0) is 31.4 Å². The van der Waals surface area contributed by atoms with Gasteiger partial charge in [0.05, 0.1) is 24.8 Å². The Bertz CT molecular complexity index is 736. The zero-order chi connectivity index (χ0) is 17.9. The van der Waals surface area contributed by atoms with Crippen molar-refractivity contribution >= 4 is 10.9 Å². The van der Waals surface area contributed by atoms with Gasteiger partial charge in [0.2, 0.25) is 0 Å². The van der Waals surface area contributed by atoms with Crippen LogP contribution in [0.4, 0.5) is 0 Å². The molecular formula is C21H31N3O2. The maximum absolute atomic E-state index is 6.15. The SMILES string of the molecule is Cc1[nH]c2c(CN3CCCO[C@@H](CN4CCOCC4)C3)cccc2c1C. The van der Waals surface area contributed by atoms with Gasteiger partial charge in [-0.25, -0.2) is 0 Å². The number of para-hydroxylation sites is 1. The van der Waals surface area contributed by atoms with Gasteiger partial charge in [-0.15, -0.1) is 0 Å². The van der Waals surface area contributed by atoms with E-state index in [2.05, 4.69) is 46.8 Å². The van der Waals surface area contributed by atoms with E-state index in [9.17, 15) is 0 Å². The van der Waals surface area contributed by atoms with Crippen LogP contribution < -0.4 is 0 Å². The van der Waals surface area contributed by atoms with E-state index in [4.69, 9.17) is 9.47 Å². The molecule has 0 radical (unpaired) electrons. The van der Waals surface area contributed by atoms with Crippen LogP contribution in [0.5, 0.6) is 0 Å². The average Bonchev–Trinajstić information content (AvgIpc) is 2.82. The summed E-state index contributed by atoms with van der Waals surface area (Å²) in [5.41, 5.74) is 5.34. The van der Waals surface area contributed by atoms with Gasteiger partial charge >= 0.3 is 0 Å². The number of aromatic nitrogens is 1. The third kappa shape index (κ3) is 3.96. The Kier molecular flexibility index (Phi) is 5.60. The molecule has 142 valence electrons. The summed E-state index contributed by atoms with van der Waals surface area (Å²) < 4.78 is 11.6. The molecule has 3 heterocycles. The van der Waals surface area contributed by atoms with Crippen LogP contribution >= 0.6 is 0 Å². The number of aromatic amines is 1. The summed E-state index contributed by atoms with van der Waals surface area (Å²) in [5, 5.41) is 1.36. The molecule has 1 aromatic carbocycles. The summed E-state index contributed by atoms with van der Waals surface area (Å²) in [6.45, 7) is 13.1. The number of aryl methyl sites for hydroxylation is 2. The lowest BCUT2D eigenvalue weighted by Crippen LogP contribution is -2.44. The summed E-state index contributed by atoms with van der Waals surface area (Å²) in [6.07, 6.45) is 1.40. The lowest BCUT2D eigenvalue weighted by molar-refractivity contribution is -0.0122. The van der Waals surface area contributed by atoms with Crippen LogP contribution in [0, 0.1) is 13.8 Å². The number of nitrogens with zero attached hydrogens (tertiary/aromatic N) is 2. The van der Waals surface area contributed by atoms with E-state index in [-0.39, 0.29) is 0 Å². The highest BCUT2D eigenvalue weighted by Gasteiger charge is 2.23. The molecule has 2 aliphatic rings. The average molecular weight is 357 g/mol. The zero-order valence-corrected chi connectivity index (χ0v) is 16.1. The smallest absolute Gasteiger partial charge is 0.0828 e. The summed E-state index contributed by atoms with van der Waals surface area (Å²) in [6, 6.07) is 6.68. The maximum atomic E-state index is 6.15. The van der Waals surface area contributed by atoms with Crippen molar-refractivity contribution in [1.82, 2.24) is 14.8 Å². The van der Waals surface area contributed by atoms with Crippen molar-refractivity contribution in [2.45, 2.75) is 32.9 Å². The second-order valence-electron chi connectivity index (χ2n) is 7.71. The standard InChI is InChI=1S/C21H31N3O2/c1-16-17(2)22-21-18(5-3-6-20(16)21)13-24-7-4-10-26-19(15-24)14-23-8-11-25-12-9-23/h3,5-6,19,22H,4,7-15H2,1-2H3/t19-/m0/s1. The van der Waals surface area contributed by atoms with Crippen molar-refractivity contribution in [3.8, 4) is 0 Å². The molecular weight excluding hydrogens is 326 g/mol. The molecule has 2 aromatic rings. The van der Waals surface area contributed by atoms with Gasteiger partial charge in [-0.3, -0.25) is 9.80 Å². The van der Waals surface area contributed by atoms with Gasteiger partial charge in [0, 0.05) is 57.0 Å². The lowest BCUT2D eigenvalue weighted by Gasteiger charge is -2.31. The molecule has 4 rings (SSSR count). The van der Waals surface area contributed by atoms with E-state index in [0.717, 1.165) is 65.5 Å². The van der Waals surface area contributed by atoms with Crippen LogP contribution in [0.2, 0.25) is 0 Å². The number of hydrogen-bond acceptors (Lipinski definition) is 4. The van der Waals surface area contributed by atoms with Crippen LogP contribution in [0.1, 0.15) is 23.2 Å². The number of hydrogen-bond donors (Lipinski definition) is 1. The van der Waals surface area contributed by atoms with Gasteiger partial charge in [0.25, 0.3) is 0 Å². The molecule has 0 saturated carbocycles. The molecule has 0 unspecified atom stereocenters. The van der Waals surface area contributed by atoms with Gasteiger partial charge in [-0.2, -0.15) is 0 Å². The van der Waals surface area contributed by atoms with E-state index in [0.29, 0.717) is 6.10 Å². The van der Waals surface area contributed by atoms with Crippen molar-refractivity contribution in [1.29, 1.82) is 0 Å². The van der Waals surface area contributed by atoms with Crippen LogP contribution in [0.15, 0.2) is 18.2 Å². The lowest BCUT2D eigenvalue weighted by atomic mass is 10.1. The van der Waals surface area contributed by atoms with Gasteiger partial charge in [0.1, 0.15) is 0 Å². The Morgan fingerprint density at radius 2 is 1.92 bits per heavy atom. The van der Waals surface area contributed by atoms with Gasteiger partial charge < -0.3 is 14.5 Å². The molecule has 1 aromatic heterocycles. The summed E-state index contributed by atoms with van der Waals surface area (Å²) in [5.74, 6) is 0. The van der Waals surface area contributed by atoms with E-state index < -0.39 is 0 Å². The van der Waals surface area contributed by atoms with E-state index >= 15 is 0 Å². The number of fused-ring (bicyclic) bond motifs is 1. The first-order valence-electron chi connectivity index (χ1n) is 9.91. The first kappa shape index (κ1) is 18.0. The molecule has 2 aliphatic heterocycles. The van der Waals surface area contributed by atoms with Crippen molar-refractivity contribution in [2.24, 2.45) is 0 Å². The Hall–Kier alpha value is -1.40. The molecule has 1 atom stereocenters. The Morgan fingerprint density at radius 3 is 2.77 bits per heavy atom. The van der Waals surface area contributed by atoms with E-state index in [1.807, 2.05) is 0 Å². The molecule has 1 N–H and O–H groups in total. The highest BCUT2D eigenvalue weighted by atomic mass is 16.5. The minimum atomic E-state index is 0.293. The van der Waals surface area contributed by atoms with Gasteiger partial charge in [0.15, 0.2) is 0 Å².